The van der Waals surface area contributed by atoms with E-state index in [9.17, 15) is 9.59 Å². The predicted octanol–water partition coefficient (Wildman–Crippen LogP) is 10.8. The zero-order chi connectivity index (χ0) is 29.1. The summed E-state index contributed by atoms with van der Waals surface area (Å²) in [5.41, 5.74) is 0. The Morgan fingerprint density at radius 2 is 0.821 bits per heavy atom. The van der Waals surface area contributed by atoms with Crippen molar-refractivity contribution in [3.8, 4) is 0 Å². The molecule has 0 rings (SSSR count). The van der Waals surface area contributed by atoms with Gasteiger partial charge >= 0.3 is 11.9 Å². The molecule has 0 N–H and O–H groups in total. The van der Waals surface area contributed by atoms with Crippen LogP contribution in [0.25, 0.3) is 0 Å². The zero-order valence-electron chi connectivity index (χ0n) is 27.2. The Morgan fingerprint density at radius 3 is 1.23 bits per heavy atom. The van der Waals surface area contributed by atoms with Crippen LogP contribution in [0.5, 0.6) is 0 Å². The smallest absolute Gasteiger partial charge is 0.305 e. The first-order chi connectivity index (χ1) is 18.7. The van der Waals surface area contributed by atoms with Crippen LogP contribution in [0.2, 0.25) is 0 Å². The van der Waals surface area contributed by atoms with Crippen molar-refractivity contribution in [2.45, 2.75) is 176 Å². The fourth-order valence-electron chi connectivity index (χ4n) is 5.23. The molecule has 39 heavy (non-hydrogen) atoms. The minimum atomic E-state index is -0.0108. The molecule has 0 spiro atoms. The topological polar surface area (TPSA) is 52.6 Å². The van der Waals surface area contributed by atoms with E-state index in [1.165, 1.54) is 77.0 Å². The van der Waals surface area contributed by atoms with E-state index in [1.54, 1.807) is 0 Å². The van der Waals surface area contributed by atoms with E-state index in [-0.39, 0.29) is 11.9 Å². The van der Waals surface area contributed by atoms with E-state index in [4.69, 9.17) is 9.47 Å². The third kappa shape index (κ3) is 28.3. The monoisotopic (exact) mass is 553 g/mol. The molecule has 4 heteroatoms. The van der Waals surface area contributed by atoms with Crippen LogP contribution in [0.4, 0.5) is 0 Å². The van der Waals surface area contributed by atoms with E-state index in [1.807, 2.05) is 0 Å². The maximum Gasteiger partial charge on any atom is 0.305 e. The Balaban J connectivity index is 3.49. The summed E-state index contributed by atoms with van der Waals surface area (Å²) in [5, 5.41) is 0. The molecule has 1 atom stereocenters. The summed E-state index contributed by atoms with van der Waals surface area (Å²) >= 11 is 0. The van der Waals surface area contributed by atoms with Crippen LogP contribution >= 0.6 is 0 Å². The summed E-state index contributed by atoms with van der Waals surface area (Å²) in [6, 6.07) is 0. The second-order valence-corrected chi connectivity index (χ2v) is 13.2. The molecule has 0 aliphatic rings. The van der Waals surface area contributed by atoms with E-state index in [0.717, 1.165) is 44.9 Å². The highest BCUT2D eigenvalue weighted by atomic mass is 16.5. The lowest BCUT2D eigenvalue weighted by Crippen LogP contribution is -2.13. The molecule has 0 amide bonds. The Bertz CT molecular complexity index is 555. The van der Waals surface area contributed by atoms with Gasteiger partial charge in [-0.25, -0.2) is 0 Å². The first kappa shape index (κ1) is 37.9. The first-order valence-corrected chi connectivity index (χ1v) is 17.0. The van der Waals surface area contributed by atoms with Crippen molar-refractivity contribution in [1.82, 2.24) is 0 Å². The molecular formula is C35H68O4. The summed E-state index contributed by atoms with van der Waals surface area (Å²) in [5.74, 6) is 2.62. The number of carbonyl (C=O) groups is 2. The van der Waals surface area contributed by atoms with Crippen molar-refractivity contribution in [1.29, 1.82) is 0 Å². The van der Waals surface area contributed by atoms with Gasteiger partial charge in [0.05, 0.1) is 13.2 Å². The van der Waals surface area contributed by atoms with Crippen molar-refractivity contribution in [3.05, 3.63) is 0 Å². The summed E-state index contributed by atoms with van der Waals surface area (Å²) in [4.78, 5) is 23.8. The highest BCUT2D eigenvalue weighted by Gasteiger charge is 2.15. The second kappa shape index (κ2) is 27.1. The largest absolute Gasteiger partial charge is 0.466 e. The van der Waals surface area contributed by atoms with Crippen LogP contribution in [0, 0.1) is 23.7 Å². The number of ether oxygens (including phenoxy) is 2. The molecule has 232 valence electrons. The number of esters is 2. The number of rotatable bonds is 28. The summed E-state index contributed by atoms with van der Waals surface area (Å²) in [6.07, 6.45) is 24.4. The fraction of sp³-hybridized carbons (Fsp3) is 0.943. The maximum atomic E-state index is 12.1. The van der Waals surface area contributed by atoms with Crippen molar-refractivity contribution < 1.29 is 19.1 Å². The molecule has 0 saturated carbocycles. The predicted molar refractivity (Wildman–Crippen MR) is 167 cm³/mol. The highest BCUT2D eigenvalue weighted by molar-refractivity contribution is 5.69. The van der Waals surface area contributed by atoms with Gasteiger partial charge < -0.3 is 9.47 Å². The number of unbranched alkanes of at least 4 members (excludes halogenated alkanes) is 12. The minimum absolute atomic E-state index is 0.00532. The first-order valence-electron chi connectivity index (χ1n) is 17.0. The SMILES string of the molecule is CC(C)CCCOC(=O)CCCCCCCCCCCCCCCC(CCC(=O)OCCCC(C)C)C(C)C. The van der Waals surface area contributed by atoms with Crippen molar-refractivity contribution in [3.63, 3.8) is 0 Å². The van der Waals surface area contributed by atoms with Gasteiger partial charge in [-0.1, -0.05) is 125 Å². The van der Waals surface area contributed by atoms with Gasteiger partial charge in [0.25, 0.3) is 0 Å². The Kier molecular flexibility index (Phi) is 26.4. The van der Waals surface area contributed by atoms with Crippen molar-refractivity contribution >= 4 is 11.9 Å². The summed E-state index contributed by atoms with van der Waals surface area (Å²) in [6.45, 7) is 14.6. The number of hydrogen-bond acceptors (Lipinski definition) is 4. The molecule has 0 aromatic rings. The van der Waals surface area contributed by atoms with E-state index in [2.05, 4.69) is 41.5 Å². The number of hydrogen-bond donors (Lipinski definition) is 0. The molecular weight excluding hydrogens is 484 g/mol. The molecule has 0 aromatic heterocycles. The maximum absolute atomic E-state index is 12.1. The van der Waals surface area contributed by atoms with Crippen LogP contribution < -0.4 is 0 Å². The molecule has 0 bridgehead atoms. The van der Waals surface area contributed by atoms with Crippen LogP contribution in [0.15, 0.2) is 0 Å². The standard InChI is InChI=1S/C35H68O4/c1-30(2)22-20-28-38-34(36)25-19-17-15-13-11-9-7-8-10-12-14-16-18-24-33(32(5)6)26-27-35(37)39-29-21-23-31(3)4/h30-33H,7-29H2,1-6H3. The molecule has 4 nitrogen and oxygen atoms in total. The lowest BCUT2D eigenvalue weighted by atomic mass is 9.86. The van der Waals surface area contributed by atoms with Gasteiger partial charge in [-0.15, -0.1) is 0 Å². The molecule has 0 radical (unpaired) electrons. The Morgan fingerprint density at radius 1 is 0.436 bits per heavy atom. The van der Waals surface area contributed by atoms with Gasteiger partial charge in [0.1, 0.15) is 0 Å². The summed E-state index contributed by atoms with van der Waals surface area (Å²) < 4.78 is 10.7. The molecule has 0 aliphatic heterocycles. The molecule has 0 fully saturated rings. The van der Waals surface area contributed by atoms with Crippen molar-refractivity contribution in [2.24, 2.45) is 23.7 Å². The molecule has 1 unspecified atom stereocenters. The van der Waals surface area contributed by atoms with Crippen LogP contribution in [-0.2, 0) is 19.1 Å². The second-order valence-electron chi connectivity index (χ2n) is 13.2. The van der Waals surface area contributed by atoms with E-state index >= 15 is 0 Å². The van der Waals surface area contributed by atoms with Gasteiger partial charge in [0.2, 0.25) is 0 Å². The summed E-state index contributed by atoms with van der Waals surface area (Å²) in [7, 11) is 0. The highest BCUT2D eigenvalue weighted by Crippen LogP contribution is 2.24. The van der Waals surface area contributed by atoms with E-state index in [0.29, 0.717) is 49.7 Å². The quantitative estimate of drug-likeness (QED) is 0.0715. The number of carbonyl (C=O) groups excluding carboxylic acids is 2. The van der Waals surface area contributed by atoms with Gasteiger partial charge in [-0.3, -0.25) is 9.59 Å². The van der Waals surface area contributed by atoms with Gasteiger partial charge in [-0.05, 0) is 62.2 Å². The van der Waals surface area contributed by atoms with Gasteiger partial charge in [-0.2, -0.15) is 0 Å². The molecule has 0 aliphatic carbocycles. The molecule has 0 heterocycles. The third-order valence-electron chi connectivity index (χ3n) is 8.00. The Hall–Kier alpha value is -1.06. The van der Waals surface area contributed by atoms with E-state index < -0.39 is 0 Å². The van der Waals surface area contributed by atoms with Crippen LogP contribution in [-0.4, -0.2) is 25.2 Å². The lowest BCUT2D eigenvalue weighted by molar-refractivity contribution is -0.145. The molecule has 0 aromatic carbocycles. The Labute approximate surface area is 244 Å². The average molecular weight is 553 g/mol. The van der Waals surface area contributed by atoms with Crippen LogP contribution in [0.3, 0.4) is 0 Å². The normalized spacial score (nSPS) is 12.4. The molecule has 0 saturated heterocycles. The van der Waals surface area contributed by atoms with Crippen LogP contribution in [0.1, 0.15) is 176 Å². The minimum Gasteiger partial charge on any atom is -0.466 e. The van der Waals surface area contributed by atoms with Crippen molar-refractivity contribution in [2.75, 3.05) is 13.2 Å². The van der Waals surface area contributed by atoms with Gasteiger partial charge in [0.15, 0.2) is 0 Å². The fourth-order valence-corrected chi connectivity index (χ4v) is 5.23. The zero-order valence-corrected chi connectivity index (χ0v) is 27.2. The lowest BCUT2D eigenvalue weighted by Gasteiger charge is -2.20. The van der Waals surface area contributed by atoms with Gasteiger partial charge in [0, 0.05) is 12.8 Å². The average Bonchev–Trinajstić information content (AvgIpc) is 2.88. The third-order valence-corrected chi connectivity index (χ3v) is 8.00.